The van der Waals surface area contributed by atoms with Crippen molar-refractivity contribution in [3.05, 3.63) is 76.7 Å². The lowest BCUT2D eigenvalue weighted by Crippen LogP contribution is -2.35. The number of hydrogen-bond donors (Lipinski definition) is 2. The number of ether oxygens (including phenoxy) is 1. The minimum atomic E-state index is -0.663. The second kappa shape index (κ2) is 8.65. The van der Waals surface area contributed by atoms with Gasteiger partial charge in [-0.3, -0.25) is 15.1 Å². The summed E-state index contributed by atoms with van der Waals surface area (Å²) in [7, 11) is 1.59. The summed E-state index contributed by atoms with van der Waals surface area (Å²) < 4.78 is 36.4. The number of nitrogens with zero attached hydrogens (tertiary/aromatic N) is 3. The van der Waals surface area contributed by atoms with E-state index in [4.69, 9.17) is 4.74 Å². The molecule has 0 bridgehead atoms. The van der Waals surface area contributed by atoms with Gasteiger partial charge in [0.25, 0.3) is 5.91 Å². The highest BCUT2D eigenvalue weighted by atomic mass is 19.1. The fourth-order valence-corrected chi connectivity index (χ4v) is 4.23. The minimum Gasteiger partial charge on any atom is -0.490 e. The largest absolute Gasteiger partial charge is 0.490 e. The molecule has 0 unspecified atom stereocenters. The molecule has 5 rings (SSSR count). The average molecular weight is 480 g/mol. The molecule has 35 heavy (non-hydrogen) atoms. The van der Waals surface area contributed by atoms with Crippen LogP contribution in [0, 0.1) is 25.5 Å². The zero-order valence-corrected chi connectivity index (χ0v) is 19.6. The molecule has 1 aliphatic rings. The highest BCUT2D eigenvalue weighted by Gasteiger charge is 2.28. The van der Waals surface area contributed by atoms with Gasteiger partial charge in [0.1, 0.15) is 17.4 Å². The Labute approximate surface area is 200 Å². The number of carbonyl (C=O) groups excluding carboxylic acids is 1. The van der Waals surface area contributed by atoms with Crippen LogP contribution in [0.4, 0.5) is 8.78 Å². The molecule has 2 aromatic heterocycles. The predicted octanol–water partition coefficient (Wildman–Crippen LogP) is 4.46. The predicted molar refractivity (Wildman–Crippen MR) is 124 cm³/mol. The van der Waals surface area contributed by atoms with Crippen molar-refractivity contribution >= 4 is 16.8 Å². The Balaban J connectivity index is 1.50. The van der Waals surface area contributed by atoms with Gasteiger partial charge >= 0.3 is 0 Å². The van der Waals surface area contributed by atoms with Crippen LogP contribution in [-0.2, 0) is 6.54 Å². The van der Waals surface area contributed by atoms with Crippen LogP contribution in [-0.4, -0.2) is 39.4 Å². The van der Waals surface area contributed by atoms with Crippen molar-refractivity contribution in [3.8, 4) is 16.9 Å². The number of amides is 1. The number of benzene rings is 2. The quantitative estimate of drug-likeness (QED) is 0.316. The topological polar surface area (TPSA) is 82.3 Å². The fraction of sp³-hybridized carbons (Fsp3) is 0.269. The second-order valence-electron chi connectivity index (χ2n) is 9.07. The molecule has 0 saturated heterocycles. The third kappa shape index (κ3) is 4.41. The molecule has 1 saturated carbocycles. The van der Waals surface area contributed by atoms with E-state index in [2.05, 4.69) is 10.2 Å². The van der Waals surface area contributed by atoms with Gasteiger partial charge in [0.05, 0.1) is 40.9 Å². The van der Waals surface area contributed by atoms with Crippen molar-refractivity contribution in [2.24, 2.45) is 0 Å². The lowest BCUT2D eigenvalue weighted by molar-refractivity contribution is -0.908. The SMILES string of the molecule is Cc1cc(F)cc(-c2c(F)cc(C(=O)N(C)Cc3c[n+](O)c(C)c4cn[nH]c34)cc2OC2CC2)c1. The van der Waals surface area contributed by atoms with Crippen LogP contribution in [0.5, 0.6) is 5.75 Å². The number of aryl methyl sites for hydroxylation is 2. The van der Waals surface area contributed by atoms with Gasteiger partial charge in [0, 0.05) is 24.3 Å². The molecule has 1 amide bonds. The summed E-state index contributed by atoms with van der Waals surface area (Å²) in [5, 5.41) is 17.9. The number of fused-ring (bicyclic) bond motifs is 1. The van der Waals surface area contributed by atoms with E-state index in [1.807, 2.05) is 0 Å². The zero-order valence-electron chi connectivity index (χ0n) is 19.6. The van der Waals surface area contributed by atoms with Crippen molar-refractivity contribution < 1.29 is 28.2 Å². The maximum atomic E-state index is 15.4. The average Bonchev–Trinajstić information content (AvgIpc) is 3.46. The summed E-state index contributed by atoms with van der Waals surface area (Å²) >= 11 is 0. The Kier molecular flexibility index (Phi) is 5.62. The Bertz CT molecular complexity index is 1440. The van der Waals surface area contributed by atoms with E-state index in [0.717, 1.165) is 29.0 Å². The first-order chi connectivity index (χ1) is 16.7. The number of halogens is 2. The van der Waals surface area contributed by atoms with Crippen molar-refractivity contribution in [1.29, 1.82) is 0 Å². The monoisotopic (exact) mass is 479 g/mol. The first kappa shape index (κ1) is 22.8. The van der Waals surface area contributed by atoms with Gasteiger partial charge in [-0.1, -0.05) is 6.07 Å². The van der Waals surface area contributed by atoms with Gasteiger partial charge in [-0.05, 0) is 55.2 Å². The molecule has 2 heterocycles. The van der Waals surface area contributed by atoms with Gasteiger partial charge in [-0.25, -0.2) is 8.78 Å². The molecule has 180 valence electrons. The molecular weight excluding hydrogens is 454 g/mol. The van der Waals surface area contributed by atoms with E-state index in [0.29, 0.717) is 27.9 Å². The van der Waals surface area contributed by atoms with Crippen LogP contribution in [0.1, 0.15) is 40.0 Å². The molecule has 0 atom stereocenters. The zero-order chi connectivity index (χ0) is 24.9. The fourth-order valence-electron chi connectivity index (χ4n) is 4.23. The maximum absolute atomic E-state index is 15.4. The molecule has 9 heteroatoms. The number of hydrogen-bond acceptors (Lipinski definition) is 4. The summed E-state index contributed by atoms with van der Waals surface area (Å²) in [4.78, 5) is 14.7. The molecule has 2 aromatic carbocycles. The second-order valence-corrected chi connectivity index (χ2v) is 9.07. The minimum absolute atomic E-state index is 0.0490. The maximum Gasteiger partial charge on any atom is 0.254 e. The summed E-state index contributed by atoms with van der Waals surface area (Å²) in [5.41, 5.74) is 3.22. The summed E-state index contributed by atoms with van der Waals surface area (Å²) in [5.74, 6) is -1.34. The van der Waals surface area contributed by atoms with Crippen molar-refractivity contribution in [1.82, 2.24) is 15.1 Å². The third-order valence-electron chi connectivity index (χ3n) is 6.18. The normalized spacial score (nSPS) is 13.3. The summed E-state index contributed by atoms with van der Waals surface area (Å²) in [6.07, 6.45) is 4.75. The van der Waals surface area contributed by atoms with Crippen LogP contribution in [0.3, 0.4) is 0 Å². The molecular formula is C26H25F2N4O3+. The van der Waals surface area contributed by atoms with Gasteiger partial charge in [-0.2, -0.15) is 5.10 Å². The molecule has 7 nitrogen and oxygen atoms in total. The van der Waals surface area contributed by atoms with Gasteiger partial charge in [0.15, 0.2) is 0 Å². The van der Waals surface area contributed by atoms with E-state index in [-0.39, 0.29) is 29.5 Å². The van der Waals surface area contributed by atoms with E-state index < -0.39 is 17.5 Å². The molecule has 0 radical (unpaired) electrons. The number of rotatable bonds is 6. The lowest BCUT2D eigenvalue weighted by atomic mass is 9.99. The van der Waals surface area contributed by atoms with Crippen LogP contribution in [0.25, 0.3) is 22.0 Å². The van der Waals surface area contributed by atoms with Crippen LogP contribution < -0.4 is 9.47 Å². The van der Waals surface area contributed by atoms with Crippen LogP contribution >= 0.6 is 0 Å². The summed E-state index contributed by atoms with van der Waals surface area (Å²) in [6.45, 7) is 3.63. The van der Waals surface area contributed by atoms with E-state index in [1.165, 1.54) is 29.3 Å². The third-order valence-corrected chi connectivity index (χ3v) is 6.18. The van der Waals surface area contributed by atoms with Crippen molar-refractivity contribution in [3.63, 3.8) is 0 Å². The number of aromatic amines is 1. The van der Waals surface area contributed by atoms with Crippen molar-refractivity contribution in [2.45, 2.75) is 39.3 Å². The Hall–Kier alpha value is -4.01. The molecule has 4 aromatic rings. The number of aromatic nitrogens is 3. The standard InChI is InChI=1S/C26H24F2N4O3/c1-14-6-16(8-19(27)7-14)24-22(28)9-17(10-23(24)35-20-4-5-20)26(33)31(3)12-18-13-32(34)15(2)21-11-29-30-25(18)21/h6-11,13,20,34H,4-5,12H2,1-3H3/p+1. The molecule has 0 aliphatic heterocycles. The van der Waals surface area contributed by atoms with Crippen LogP contribution in [0.15, 0.2) is 42.7 Å². The molecule has 0 spiro atoms. The van der Waals surface area contributed by atoms with Gasteiger partial charge < -0.3 is 9.64 Å². The van der Waals surface area contributed by atoms with E-state index in [1.54, 1.807) is 33.2 Å². The number of nitrogens with one attached hydrogen (secondary N) is 1. The number of H-pyrrole nitrogens is 1. The molecule has 1 fully saturated rings. The smallest absolute Gasteiger partial charge is 0.254 e. The first-order valence-electron chi connectivity index (χ1n) is 11.3. The number of pyridine rings is 1. The van der Waals surface area contributed by atoms with Gasteiger partial charge in [0.2, 0.25) is 11.9 Å². The Morgan fingerprint density at radius 2 is 2.00 bits per heavy atom. The van der Waals surface area contributed by atoms with Crippen molar-refractivity contribution in [2.75, 3.05) is 7.05 Å². The number of carbonyl (C=O) groups is 1. The van der Waals surface area contributed by atoms with Gasteiger partial charge in [-0.15, -0.1) is 0 Å². The highest BCUT2D eigenvalue weighted by molar-refractivity contribution is 5.96. The molecule has 1 aliphatic carbocycles. The van der Waals surface area contributed by atoms with E-state index in [9.17, 15) is 14.4 Å². The first-order valence-corrected chi connectivity index (χ1v) is 11.3. The highest BCUT2D eigenvalue weighted by Crippen LogP contribution is 2.38. The molecule has 2 N–H and O–H groups in total. The Morgan fingerprint density at radius 1 is 1.23 bits per heavy atom. The summed E-state index contributed by atoms with van der Waals surface area (Å²) in [6, 6.07) is 6.99. The Morgan fingerprint density at radius 3 is 2.71 bits per heavy atom. The van der Waals surface area contributed by atoms with E-state index >= 15 is 4.39 Å². The van der Waals surface area contributed by atoms with Crippen LogP contribution in [0.2, 0.25) is 0 Å². The lowest BCUT2D eigenvalue weighted by Gasteiger charge is -2.19.